The smallest absolute Gasteiger partial charge is 0.108 e. The van der Waals surface area contributed by atoms with E-state index in [4.69, 9.17) is 0 Å². The second kappa shape index (κ2) is 4.79. The second-order valence-electron chi connectivity index (χ2n) is 5.39. The molecule has 0 radical (unpaired) electrons. The summed E-state index contributed by atoms with van der Waals surface area (Å²) in [7, 11) is 2.05. The first kappa shape index (κ1) is 12.2. The highest BCUT2D eigenvalue weighted by Gasteiger charge is 2.12. The number of imidazole rings is 1. The van der Waals surface area contributed by atoms with E-state index in [0.29, 0.717) is 5.92 Å². The fourth-order valence-electron chi connectivity index (χ4n) is 1.46. The van der Waals surface area contributed by atoms with Crippen molar-refractivity contribution in [2.75, 3.05) is 6.54 Å². The van der Waals surface area contributed by atoms with Crippen molar-refractivity contribution in [3.63, 3.8) is 0 Å². The summed E-state index contributed by atoms with van der Waals surface area (Å²) in [4.78, 5) is 4.34. The molecule has 0 saturated carbocycles. The van der Waals surface area contributed by atoms with Crippen molar-refractivity contribution in [2.45, 2.75) is 39.7 Å². The van der Waals surface area contributed by atoms with Crippen LogP contribution in [0.2, 0.25) is 0 Å². The fourth-order valence-corrected chi connectivity index (χ4v) is 1.46. The van der Waals surface area contributed by atoms with Crippen molar-refractivity contribution in [1.82, 2.24) is 14.9 Å². The van der Waals surface area contributed by atoms with Crippen molar-refractivity contribution < 1.29 is 0 Å². The Bertz CT molecular complexity index is 296. The Morgan fingerprint density at radius 1 is 1.47 bits per heavy atom. The molecule has 1 N–H and O–H groups in total. The highest BCUT2D eigenvalue weighted by atomic mass is 15.0. The van der Waals surface area contributed by atoms with Crippen molar-refractivity contribution in [1.29, 1.82) is 0 Å². The van der Waals surface area contributed by atoms with Crippen molar-refractivity contribution in [3.05, 3.63) is 18.2 Å². The molecule has 0 aliphatic heterocycles. The van der Waals surface area contributed by atoms with Crippen molar-refractivity contribution in [2.24, 2.45) is 13.0 Å². The summed E-state index contributed by atoms with van der Waals surface area (Å²) >= 11 is 0. The van der Waals surface area contributed by atoms with Gasteiger partial charge in [-0.25, -0.2) is 4.98 Å². The molecule has 1 heterocycles. The lowest BCUT2D eigenvalue weighted by molar-refractivity contribution is 0.377. The molecule has 0 amide bonds. The molecule has 15 heavy (non-hydrogen) atoms. The minimum absolute atomic E-state index is 0.204. The van der Waals surface area contributed by atoms with Crippen LogP contribution in [-0.2, 0) is 13.5 Å². The van der Waals surface area contributed by atoms with Crippen LogP contribution in [-0.4, -0.2) is 21.6 Å². The van der Waals surface area contributed by atoms with Gasteiger partial charge in [-0.1, -0.05) is 6.92 Å². The van der Waals surface area contributed by atoms with Gasteiger partial charge in [0.05, 0.1) is 0 Å². The summed E-state index contributed by atoms with van der Waals surface area (Å²) < 4.78 is 2.09. The summed E-state index contributed by atoms with van der Waals surface area (Å²) in [5.74, 6) is 1.78. The molecule has 3 heteroatoms. The molecule has 0 aromatic carbocycles. The highest BCUT2D eigenvalue weighted by molar-refractivity contribution is 4.92. The quantitative estimate of drug-likeness (QED) is 0.822. The van der Waals surface area contributed by atoms with E-state index in [-0.39, 0.29) is 5.54 Å². The lowest BCUT2D eigenvalue weighted by Crippen LogP contribution is -2.39. The molecule has 0 aliphatic carbocycles. The van der Waals surface area contributed by atoms with Gasteiger partial charge in [-0.3, -0.25) is 0 Å². The number of nitrogens with zero attached hydrogens (tertiary/aromatic N) is 2. The lowest BCUT2D eigenvalue weighted by atomic mass is 10.0. The minimum atomic E-state index is 0.204. The van der Waals surface area contributed by atoms with Crippen LogP contribution in [0.3, 0.4) is 0 Å². The molecular weight excluding hydrogens is 186 g/mol. The third kappa shape index (κ3) is 4.47. The number of aromatic nitrogens is 2. The molecule has 1 unspecified atom stereocenters. The van der Waals surface area contributed by atoms with Gasteiger partial charge in [0.2, 0.25) is 0 Å². The molecule has 3 nitrogen and oxygen atoms in total. The van der Waals surface area contributed by atoms with Crippen molar-refractivity contribution in [3.8, 4) is 0 Å². The maximum atomic E-state index is 4.34. The Labute approximate surface area is 92.9 Å². The summed E-state index contributed by atoms with van der Waals surface area (Å²) in [6.45, 7) is 9.88. The third-order valence-corrected chi connectivity index (χ3v) is 2.43. The summed E-state index contributed by atoms with van der Waals surface area (Å²) in [5, 5.41) is 3.52. The summed E-state index contributed by atoms with van der Waals surface area (Å²) in [6, 6.07) is 0. The SMILES string of the molecule is CC(CNC(C)(C)C)Cc1nccn1C. The van der Waals surface area contributed by atoms with E-state index < -0.39 is 0 Å². The molecule has 1 aromatic heterocycles. The topological polar surface area (TPSA) is 29.9 Å². The monoisotopic (exact) mass is 209 g/mol. The van der Waals surface area contributed by atoms with Crippen LogP contribution >= 0.6 is 0 Å². The molecule has 86 valence electrons. The Morgan fingerprint density at radius 2 is 2.13 bits per heavy atom. The normalized spacial score (nSPS) is 14.2. The molecule has 0 fully saturated rings. The molecular formula is C12H23N3. The van der Waals surface area contributed by atoms with E-state index in [0.717, 1.165) is 13.0 Å². The van der Waals surface area contributed by atoms with E-state index in [9.17, 15) is 0 Å². The van der Waals surface area contributed by atoms with Crippen LogP contribution in [0.5, 0.6) is 0 Å². The molecule has 0 saturated heterocycles. The number of nitrogens with one attached hydrogen (secondary N) is 1. The number of hydrogen-bond acceptors (Lipinski definition) is 2. The Balaban J connectivity index is 2.37. The van der Waals surface area contributed by atoms with Gasteiger partial charge in [0.1, 0.15) is 5.82 Å². The van der Waals surface area contributed by atoms with E-state index in [1.54, 1.807) is 0 Å². The van der Waals surface area contributed by atoms with Crippen LogP contribution < -0.4 is 5.32 Å². The first-order valence-corrected chi connectivity index (χ1v) is 5.60. The maximum Gasteiger partial charge on any atom is 0.108 e. The van der Waals surface area contributed by atoms with Gasteiger partial charge in [-0.15, -0.1) is 0 Å². The summed E-state index contributed by atoms with van der Waals surface area (Å²) in [6.07, 6.45) is 4.89. The molecule has 1 atom stereocenters. The molecule has 0 bridgehead atoms. The van der Waals surface area contributed by atoms with Gasteiger partial charge in [-0.2, -0.15) is 0 Å². The number of hydrogen-bond donors (Lipinski definition) is 1. The third-order valence-electron chi connectivity index (χ3n) is 2.43. The van der Waals surface area contributed by atoms with Crippen molar-refractivity contribution >= 4 is 0 Å². The second-order valence-corrected chi connectivity index (χ2v) is 5.39. The van der Waals surface area contributed by atoms with E-state index in [1.807, 2.05) is 19.4 Å². The van der Waals surface area contributed by atoms with Gasteiger partial charge < -0.3 is 9.88 Å². The van der Waals surface area contributed by atoms with Crippen LogP contribution in [0.15, 0.2) is 12.4 Å². The average molecular weight is 209 g/mol. The van der Waals surface area contributed by atoms with Gasteiger partial charge in [0, 0.05) is 31.4 Å². The van der Waals surface area contributed by atoms with Gasteiger partial charge in [0.15, 0.2) is 0 Å². The molecule has 0 spiro atoms. The standard InChI is InChI=1S/C12H23N3/c1-10(9-14-12(2,3)4)8-11-13-6-7-15(11)5/h6-7,10,14H,8-9H2,1-5H3. The van der Waals surface area contributed by atoms with Crippen LogP contribution in [0.1, 0.15) is 33.5 Å². The van der Waals surface area contributed by atoms with Gasteiger partial charge in [-0.05, 0) is 33.2 Å². The average Bonchev–Trinajstić information content (AvgIpc) is 2.47. The summed E-state index contributed by atoms with van der Waals surface area (Å²) in [5.41, 5.74) is 0.204. The Hall–Kier alpha value is -0.830. The highest BCUT2D eigenvalue weighted by Crippen LogP contribution is 2.07. The minimum Gasteiger partial charge on any atom is -0.338 e. The lowest BCUT2D eigenvalue weighted by Gasteiger charge is -2.23. The first-order chi connectivity index (χ1) is 6.88. The molecule has 1 rings (SSSR count). The van der Waals surface area contributed by atoms with Crippen LogP contribution in [0.4, 0.5) is 0 Å². The largest absolute Gasteiger partial charge is 0.338 e. The maximum absolute atomic E-state index is 4.34. The van der Waals surface area contributed by atoms with E-state index in [2.05, 4.69) is 42.6 Å². The predicted molar refractivity (Wildman–Crippen MR) is 63.8 cm³/mol. The predicted octanol–water partition coefficient (Wildman–Crippen LogP) is 1.99. The Kier molecular flexibility index (Phi) is 3.91. The first-order valence-electron chi connectivity index (χ1n) is 5.60. The van der Waals surface area contributed by atoms with Gasteiger partial charge in [0.25, 0.3) is 0 Å². The number of aryl methyl sites for hydroxylation is 1. The fraction of sp³-hybridized carbons (Fsp3) is 0.750. The van der Waals surface area contributed by atoms with E-state index in [1.165, 1.54) is 5.82 Å². The van der Waals surface area contributed by atoms with Crippen LogP contribution in [0.25, 0.3) is 0 Å². The number of rotatable bonds is 4. The zero-order chi connectivity index (χ0) is 11.5. The zero-order valence-corrected chi connectivity index (χ0v) is 10.5. The van der Waals surface area contributed by atoms with E-state index >= 15 is 0 Å². The molecule has 1 aromatic rings. The zero-order valence-electron chi connectivity index (χ0n) is 10.5. The van der Waals surface area contributed by atoms with Gasteiger partial charge >= 0.3 is 0 Å². The molecule has 0 aliphatic rings. The Morgan fingerprint density at radius 3 is 2.60 bits per heavy atom. The van der Waals surface area contributed by atoms with Crippen LogP contribution in [0, 0.1) is 5.92 Å².